The van der Waals surface area contributed by atoms with E-state index in [1.165, 1.54) is 19.3 Å². The number of rotatable bonds is 10. The summed E-state index contributed by atoms with van der Waals surface area (Å²) in [6, 6.07) is 0. The van der Waals surface area contributed by atoms with E-state index in [1.807, 2.05) is 0 Å². The van der Waals surface area contributed by atoms with Crippen LogP contribution in [0.15, 0.2) is 0 Å². The fraction of sp³-hybridized carbons (Fsp3) is 1.00. The maximum Gasteiger partial charge on any atom is 0.209 e. The molecule has 0 heterocycles. The Hall–Kier alpha value is -0.130. The van der Waals surface area contributed by atoms with E-state index in [4.69, 9.17) is 9.88 Å². The molecule has 0 aliphatic heterocycles. The van der Waals surface area contributed by atoms with Crippen molar-refractivity contribution in [3.05, 3.63) is 0 Å². The number of hydrogen-bond donors (Lipinski definition) is 1. The van der Waals surface area contributed by atoms with E-state index < -0.39 is 10.0 Å². The molecule has 0 aromatic carbocycles. The summed E-state index contributed by atoms with van der Waals surface area (Å²) in [5.74, 6) is 0.117. The van der Waals surface area contributed by atoms with Gasteiger partial charge in [-0.3, -0.25) is 0 Å². The van der Waals surface area contributed by atoms with Crippen molar-refractivity contribution in [2.45, 2.75) is 71.3 Å². The molecule has 5 heteroatoms. The first kappa shape index (κ1) is 17.9. The van der Waals surface area contributed by atoms with E-state index >= 15 is 0 Å². The van der Waals surface area contributed by atoms with Crippen molar-refractivity contribution in [3.63, 3.8) is 0 Å². The van der Waals surface area contributed by atoms with Crippen LogP contribution >= 0.6 is 0 Å². The van der Waals surface area contributed by atoms with Crippen LogP contribution in [0.2, 0.25) is 0 Å². The van der Waals surface area contributed by atoms with Crippen molar-refractivity contribution in [1.82, 2.24) is 0 Å². The van der Waals surface area contributed by atoms with E-state index in [0.29, 0.717) is 6.42 Å². The highest BCUT2D eigenvalue weighted by molar-refractivity contribution is 7.89. The van der Waals surface area contributed by atoms with Gasteiger partial charge in [0, 0.05) is 6.61 Å². The Labute approximate surface area is 112 Å². The van der Waals surface area contributed by atoms with Crippen molar-refractivity contribution < 1.29 is 13.2 Å². The zero-order valence-corrected chi connectivity index (χ0v) is 12.9. The highest BCUT2D eigenvalue weighted by Crippen LogP contribution is 2.11. The van der Waals surface area contributed by atoms with Crippen molar-refractivity contribution in [3.8, 4) is 0 Å². The summed E-state index contributed by atoms with van der Waals surface area (Å²) in [6.07, 6.45) is 7.39. The number of nitrogens with two attached hydrogens (primary N) is 1. The van der Waals surface area contributed by atoms with Gasteiger partial charge in [-0.05, 0) is 33.6 Å². The average Bonchev–Trinajstić information content (AvgIpc) is 2.17. The van der Waals surface area contributed by atoms with Crippen molar-refractivity contribution >= 4 is 10.0 Å². The van der Waals surface area contributed by atoms with Gasteiger partial charge in [-0.1, -0.05) is 32.1 Å². The molecule has 0 radical (unpaired) electrons. The van der Waals surface area contributed by atoms with Crippen LogP contribution in [0.4, 0.5) is 0 Å². The molecule has 0 aliphatic carbocycles. The summed E-state index contributed by atoms with van der Waals surface area (Å²) >= 11 is 0. The topological polar surface area (TPSA) is 69.4 Å². The van der Waals surface area contributed by atoms with Crippen LogP contribution in [-0.4, -0.2) is 26.4 Å². The maximum atomic E-state index is 10.7. The fourth-order valence-electron chi connectivity index (χ4n) is 1.67. The third kappa shape index (κ3) is 15.9. The maximum absolute atomic E-state index is 10.7. The lowest BCUT2D eigenvalue weighted by Crippen LogP contribution is -2.19. The molecule has 0 aromatic rings. The Kier molecular flexibility index (Phi) is 8.82. The van der Waals surface area contributed by atoms with Gasteiger partial charge in [0.25, 0.3) is 0 Å². The Bertz CT molecular complexity index is 294. The van der Waals surface area contributed by atoms with Crippen LogP contribution in [-0.2, 0) is 14.8 Å². The quantitative estimate of drug-likeness (QED) is 0.625. The summed E-state index contributed by atoms with van der Waals surface area (Å²) in [4.78, 5) is 0. The lowest BCUT2D eigenvalue weighted by Gasteiger charge is -2.19. The summed E-state index contributed by atoms with van der Waals surface area (Å²) in [6.45, 7) is 7.03. The molecule has 0 aliphatic rings. The number of ether oxygens (including phenoxy) is 1. The van der Waals surface area contributed by atoms with Crippen molar-refractivity contribution in [2.75, 3.05) is 12.4 Å². The highest BCUT2D eigenvalue weighted by Gasteiger charge is 2.08. The minimum absolute atomic E-state index is 0.0340. The standard InChI is InChI=1S/C13H29NO3S/c1-13(2,3)17-11-9-7-5-4-6-8-10-12-18(14,15)16/h4-12H2,1-3H3,(H2,14,15,16). The number of unbranched alkanes of at least 4 members (excludes halogenated alkanes) is 6. The minimum Gasteiger partial charge on any atom is -0.376 e. The zero-order chi connectivity index (χ0) is 14.1. The average molecular weight is 279 g/mol. The smallest absolute Gasteiger partial charge is 0.209 e. The molecule has 0 fully saturated rings. The van der Waals surface area contributed by atoms with Crippen molar-refractivity contribution in [2.24, 2.45) is 5.14 Å². The molecule has 110 valence electrons. The van der Waals surface area contributed by atoms with Gasteiger partial charge in [0.1, 0.15) is 0 Å². The molecule has 0 amide bonds. The van der Waals surface area contributed by atoms with E-state index in [1.54, 1.807) is 0 Å². The Morgan fingerprint density at radius 3 is 1.78 bits per heavy atom. The molecule has 0 rings (SSSR count). The second-order valence-corrected chi connectivity index (χ2v) is 7.54. The molecule has 2 N–H and O–H groups in total. The van der Waals surface area contributed by atoms with E-state index in [0.717, 1.165) is 25.9 Å². The van der Waals surface area contributed by atoms with Gasteiger partial charge < -0.3 is 4.74 Å². The van der Waals surface area contributed by atoms with Crippen LogP contribution in [0.3, 0.4) is 0 Å². The van der Waals surface area contributed by atoms with Gasteiger partial charge in [0.05, 0.1) is 11.4 Å². The lowest BCUT2D eigenvalue weighted by molar-refractivity contribution is -0.00475. The van der Waals surface area contributed by atoms with Gasteiger partial charge in [-0.25, -0.2) is 13.6 Å². The third-order valence-electron chi connectivity index (χ3n) is 2.61. The molecule has 0 unspecified atom stereocenters. The Balaban J connectivity index is 3.17. The molecule has 0 saturated heterocycles. The van der Waals surface area contributed by atoms with E-state index in [2.05, 4.69) is 20.8 Å². The number of hydrogen-bond acceptors (Lipinski definition) is 3. The molecule has 0 spiro atoms. The number of primary sulfonamides is 1. The summed E-state index contributed by atoms with van der Waals surface area (Å²) < 4.78 is 27.0. The van der Waals surface area contributed by atoms with Crippen LogP contribution in [0.1, 0.15) is 65.7 Å². The molecule has 18 heavy (non-hydrogen) atoms. The van der Waals surface area contributed by atoms with Crippen LogP contribution in [0.5, 0.6) is 0 Å². The Morgan fingerprint density at radius 2 is 1.33 bits per heavy atom. The number of sulfonamides is 1. The first-order valence-corrected chi connectivity index (χ1v) is 8.57. The van der Waals surface area contributed by atoms with Crippen LogP contribution in [0.25, 0.3) is 0 Å². The molecule has 0 bridgehead atoms. The predicted octanol–water partition coefficient (Wildman–Crippen LogP) is 2.82. The predicted molar refractivity (Wildman–Crippen MR) is 76.0 cm³/mol. The van der Waals surface area contributed by atoms with Gasteiger partial charge >= 0.3 is 0 Å². The van der Waals surface area contributed by atoms with Crippen molar-refractivity contribution in [1.29, 1.82) is 0 Å². The minimum atomic E-state index is -3.26. The molecular formula is C13H29NO3S. The summed E-state index contributed by atoms with van der Waals surface area (Å²) in [7, 11) is -3.26. The Morgan fingerprint density at radius 1 is 0.889 bits per heavy atom. The first-order valence-electron chi connectivity index (χ1n) is 6.85. The van der Waals surface area contributed by atoms with Crippen LogP contribution < -0.4 is 5.14 Å². The second-order valence-electron chi connectivity index (χ2n) is 5.80. The van der Waals surface area contributed by atoms with E-state index in [9.17, 15) is 8.42 Å². The van der Waals surface area contributed by atoms with Gasteiger partial charge in [0.15, 0.2) is 0 Å². The normalized spacial score (nSPS) is 12.9. The zero-order valence-electron chi connectivity index (χ0n) is 12.1. The molecule has 0 aromatic heterocycles. The van der Waals surface area contributed by atoms with Crippen LogP contribution in [0, 0.1) is 0 Å². The first-order chi connectivity index (χ1) is 8.21. The van der Waals surface area contributed by atoms with Gasteiger partial charge in [-0.2, -0.15) is 0 Å². The third-order valence-corrected chi connectivity index (χ3v) is 3.47. The largest absolute Gasteiger partial charge is 0.376 e. The van der Waals surface area contributed by atoms with Gasteiger partial charge in [-0.15, -0.1) is 0 Å². The lowest BCUT2D eigenvalue weighted by atomic mass is 10.1. The monoisotopic (exact) mass is 279 g/mol. The molecule has 0 atom stereocenters. The molecule has 4 nitrogen and oxygen atoms in total. The second kappa shape index (κ2) is 8.88. The SMILES string of the molecule is CC(C)(C)OCCCCCCCCCS(N)(=O)=O. The summed E-state index contributed by atoms with van der Waals surface area (Å²) in [5.41, 5.74) is -0.0340. The summed E-state index contributed by atoms with van der Waals surface area (Å²) in [5, 5.41) is 4.92. The fourth-order valence-corrected chi connectivity index (χ4v) is 2.27. The van der Waals surface area contributed by atoms with Gasteiger partial charge in [0.2, 0.25) is 10.0 Å². The highest BCUT2D eigenvalue weighted by atomic mass is 32.2. The molecular weight excluding hydrogens is 250 g/mol. The van der Waals surface area contributed by atoms with E-state index in [-0.39, 0.29) is 11.4 Å². The molecule has 0 saturated carbocycles.